The van der Waals surface area contributed by atoms with Crippen molar-refractivity contribution >= 4 is 16.8 Å². The third kappa shape index (κ3) is 2.88. The topological polar surface area (TPSA) is 71.2 Å². The van der Waals surface area contributed by atoms with Gasteiger partial charge in [0, 0.05) is 41.8 Å². The number of aliphatic hydroxyl groups is 1. The largest absolute Gasteiger partial charge is 0.388 e. The molecule has 1 amide bonds. The minimum Gasteiger partial charge on any atom is -0.388 e. The maximum absolute atomic E-state index is 13.1. The summed E-state index contributed by atoms with van der Waals surface area (Å²) in [4.78, 5) is 23.5. The van der Waals surface area contributed by atoms with E-state index in [1.165, 1.54) is 0 Å². The van der Waals surface area contributed by atoms with Gasteiger partial charge in [0.05, 0.1) is 29.4 Å². The highest BCUT2D eigenvalue weighted by Crippen LogP contribution is 2.42. The normalized spacial score (nSPS) is 26.7. The zero-order valence-corrected chi connectivity index (χ0v) is 16.0. The van der Waals surface area contributed by atoms with Gasteiger partial charge in [0.15, 0.2) is 0 Å². The van der Waals surface area contributed by atoms with Crippen LogP contribution in [0.4, 0.5) is 0 Å². The Hall–Kier alpha value is -2.73. The highest BCUT2D eigenvalue weighted by molar-refractivity contribution is 5.94. The van der Waals surface area contributed by atoms with Crippen LogP contribution in [0, 0.1) is 6.92 Å². The van der Waals surface area contributed by atoms with E-state index in [0.29, 0.717) is 24.9 Å². The van der Waals surface area contributed by atoms with Crippen LogP contribution in [0.1, 0.15) is 41.7 Å². The number of nitrogens with zero attached hydrogens (tertiary/aromatic N) is 4. The second-order valence-corrected chi connectivity index (χ2v) is 8.30. The lowest BCUT2D eigenvalue weighted by molar-refractivity contribution is -0.0533. The average Bonchev–Trinajstić information content (AvgIpc) is 3.21. The second-order valence-electron chi connectivity index (χ2n) is 8.30. The maximum atomic E-state index is 13.1. The molecular weight excluding hydrogens is 352 g/mol. The van der Waals surface area contributed by atoms with Crippen LogP contribution in [-0.2, 0) is 6.54 Å². The summed E-state index contributed by atoms with van der Waals surface area (Å²) < 4.78 is 2.09. The Morgan fingerprint density at radius 3 is 2.68 bits per heavy atom. The number of aryl methyl sites for hydroxylation is 1. The molecule has 6 nitrogen and oxygen atoms in total. The summed E-state index contributed by atoms with van der Waals surface area (Å²) in [6.45, 7) is 2.45. The minimum atomic E-state index is -0.810. The Balaban J connectivity index is 1.37. The zero-order chi connectivity index (χ0) is 19.3. The number of aromatic nitrogens is 3. The molecule has 0 spiro atoms. The molecule has 2 bridgehead atoms. The number of amides is 1. The SMILES string of the molecule is Cc1ccc(C(=O)N2[C@@H]3CC[C@H]2CC(O)(Cn2ccc4ccncc42)C3)cn1. The molecule has 0 aromatic carbocycles. The maximum Gasteiger partial charge on any atom is 0.255 e. The summed E-state index contributed by atoms with van der Waals surface area (Å²) in [7, 11) is 0. The molecular formula is C22H24N4O2. The number of pyridine rings is 2. The zero-order valence-electron chi connectivity index (χ0n) is 16.0. The molecule has 0 saturated carbocycles. The van der Waals surface area contributed by atoms with Gasteiger partial charge in [-0.25, -0.2) is 0 Å². The van der Waals surface area contributed by atoms with Gasteiger partial charge in [-0.1, -0.05) is 0 Å². The van der Waals surface area contributed by atoms with Crippen molar-refractivity contribution in [3.8, 4) is 0 Å². The quantitative estimate of drug-likeness (QED) is 0.763. The van der Waals surface area contributed by atoms with Gasteiger partial charge < -0.3 is 14.6 Å². The summed E-state index contributed by atoms with van der Waals surface area (Å²) in [5.74, 6) is 0.0395. The molecule has 1 N–H and O–H groups in total. The van der Waals surface area contributed by atoms with Gasteiger partial charge in [-0.2, -0.15) is 0 Å². The monoisotopic (exact) mass is 376 g/mol. The highest BCUT2D eigenvalue weighted by Gasteiger charge is 2.49. The number of hydrogen-bond acceptors (Lipinski definition) is 4. The lowest BCUT2D eigenvalue weighted by atomic mass is 9.85. The highest BCUT2D eigenvalue weighted by atomic mass is 16.3. The molecule has 3 aromatic rings. The van der Waals surface area contributed by atoms with Crippen molar-refractivity contribution in [1.29, 1.82) is 0 Å². The van der Waals surface area contributed by atoms with E-state index in [1.807, 2.05) is 42.4 Å². The fourth-order valence-electron chi connectivity index (χ4n) is 5.01. The first kappa shape index (κ1) is 17.4. The smallest absolute Gasteiger partial charge is 0.255 e. The van der Waals surface area contributed by atoms with Crippen LogP contribution in [0.2, 0.25) is 0 Å². The van der Waals surface area contributed by atoms with Gasteiger partial charge in [-0.15, -0.1) is 0 Å². The standard InChI is InChI=1S/C22H24N4O2/c1-15-2-3-17(12-24-15)21(27)26-18-4-5-19(26)11-22(28,10-18)14-25-9-7-16-6-8-23-13-20(16)25/h2-3,6-9,12-13,18-19,28H,4-5,10-11,14H2,1H3/t18-,19+,22?. The Morgan fingerprint density at radius 2 is 1.96 bits per heavy atom. The van der Waals surface area contributed by atoms with E-state index in [-0.39, 0.29) is 18.0 Å². The number of carbonyl (C=O) groups is 1. The first-order chi connectivity index (χ1) is 13.5. The molecule has 1 unspecified atom stereocenters. The predicted octanol–water partition coefficient (Wildman–Crippen LogP) is 2.94. The first-order valence-electron chi connectivity index (χ1n) is 9.89. The molecule has 2 aliphatic heterocycles. The molecule has 6 heteroatoms. The van der Waals surface area contributed by atoms with E-state index in [2.05, 4.69) is 20.6 Å². The Bertz CT molecular complexity index is 1010. The van der Waals surface area contributed by atoms with Crippen molar-refractivity contribution in [3.05, 3.63) is 60.3 Å². The lowest BCUT2D eigenvalue weighted by Gasteiger charge is -2.44. The van der Waals surface area contributed by atoms with Crippen LogP contribution in [0.25, 0.3) is 10.9 Å². The summed E-state index contributed by atoms with van der Waals surface area (Å²) >= 11 is 0. The molecule has 3 aromatic heterocycles. The van der Waals surface area contributed by atoms with E-state index in [1.54, 1.807) is 12.4 Å². The number of rotatable bonds is 3. The van der Waals surface area contributed by atoms with Crippen molar-refractivity contribution in [2.45, 2.75) is 56.8 Å². The predicted molar refractivity (Wildman–Crippen MR) is 106 cm³/mol. The van der Waals surface area contributed by atoms with Gasteiger partial charge in [0.25, 0.3) is 5.91 Å². The summed E-state index contributed by atoms with van der Waals surface area (Å²) in [6.07, 6.45) is 10.4. The lowest BCUT2D eigenvalue weighted by Crippen LogP contribution is -2.54. The minimum absolute atomic E-state index is 0.0395. The van der Waals surface area contributed by atoms with Crippen LogP contribution < -0.4 is 0 Å². The van der Waals surface area contributed by atoms with Crippen LogP contribution in [0.5, 0.6) is 0 Å². The first-order valence-corrected chi connectivity index (χ1v) is 9.89. The second kappa shape index (κ2) is 6.41. The number of fused-ring (bicyclic) bond motifs is 3. The molecule has 2 aliphatic rings. The fraction of sp³-hybridized carbons (Fsp3) is 0.409. The van der Waals surface area contributed by atoms with E-state index in [4.69, 9.17) is 0 Å². The Morgan fingerprint density at radius 1 is 1.18 bits per heavy atom. The van der Waals surface area contributed by atoms with E-state index in [9.17, 15) is 9.90 Å². The number of piperidine rings is 1. The Labute approximate surface area is 163 Å². The van der Waals surface area contributed by atoms with Crippen molar-refractivity contribution in [3.63, 3.8) is 0 Å². The molecule has 2 fully saturated rings. The summed E-state index contributed by atoms with van der Waals surface area (Å²) in [5, 5.41) is 12.5. The molecule has 2 saturated heterocycles. The molecule has 3 atom stereocenters. The number of hydrogen-bond donors (Lipinski definition) is 1. The van der Waals surface area contributed by atoms with Gasteiger partial charge in [-0.3, -0.25) is 14.8 Å². The molecule has 5 heterocycles. The third-order valence-corrected chi connectivity index (χ3v) is 6.28. The number of carbonyl (C=O) groups excluding carboxylic acids is 1. The van der Waals surface area contributed by atoms with Crippen LogP contribution in [0.15, 0.2) is 49.1 Å². The fourth-order valence-corrected chi connectivity index (χ4v) is 5.01. The van der Waals surface area contributed by atoms with Gasteiger partial charge >= 0.3 is 0 Å². The van der Waals surface area contributed by atoms with Crippen LogP contribution in [0.3, 0.4) is 0 Å². The summed E-state index contributed by atoms with van der Waals surface area (Å²) in [5.41, 5.74) is 1.76. The summed E-state index contributed by atoms with van der Waals surface area (Å²) in [6, 6.07) is 7.92. The van der Waals surface area contributed by atoms with Crippen LogP contribution in [-0.4, -0.2) is 48.1 Å². The third-order valence-electron chi connectivity index (χ3n) is 6.28. The van der Waals surface area contributed by atoms with Crippen molar-refractivity contribution < 1.29 is 9.90 Å². The molecule has 144 valence electrons. The Kier molecular flexibility index (Phi) is 3.98. The van der Waals surface area contributed by atoms with Crippen molar-refractivity contribution in [1.82, 2.24) is 19.4 Å². The van der Waals surface area contributed by atoms with E-state index in [0.717, 1.165) is 29.4 Å². The van der Waals surface area contributed by atoms with Crippen molar-refractivity contribution in [2.24, 2.45) is 0 Å². The van der Waals surface area contributed by atoms with Gasteiger partial charge in [-0.05, 0) is 56.9 Å². The van der Waals surface area contributed by atoms with Crippen LogP contribution >= 0.6 is 0 Å². The molecule has 5 rings (SSSR count). The van der Waals surface area contributed by atoms with Gasteiger partial charge in [0.2, 0.25) is 0 Å². The average molecular weight is 376 g/mol. The van der Waals surface area contributed by atoms with Gasteiger partial charge in [0.1, 0.15) is 0 Å². The van der Waals surface area contributed by atoms with Crippen molar-refractivity contribution in [2.75, 3.05) is 0 Å². The molecule has 0 aliphatic carbocycles. The molecule has 28 heavy (non-hydrogen) atoms. The van der Waals surface area contributed by atoms with E-state index < -0.39 is 5.60 Å². The van der Waals surface area contributed by atoms with E-state index >= 15 is 0 Å². The molecule has 0 radical (unpaired) electrons.